The fourth-order valence-corrected chi connectivity index (χ4v) is 7.59. The van der Waals surface area contributed by atoms with Gasteiger partial charge in [0.05, 0.1) is 16.9 Å². The molecule has 0 unspecified atom stereocenters. The monoisotopic (exact) mass is 583 g/mol. The number of aromatic nitrogens is 4. The van der Waals surface area contributed by atoms with Crippen molar-refractivity contribution in [3.63, 3.8) is 0 Å². The summed E-state index contributed by atoms with van der Waals surface area (Å²) in [6.07, 6.45) is 0.841. The first-order valence-electron chi connectivity index (χ1n) is 13.3. The molecule has 0 amide bonds. The van der Waals surface area contributed by atoms with Crippen LogP contribution >= 0.6 is 11.3 Å². The zero-order valence-electron chi connectivity index (χ0n) is 23.2. The van der Waals surface area contributed by atoms with Gasteiger partial charge in [-0.05, 0) is 50.5 Å². The molecule has 6 aromatic rings. The number of fused-ring (bicyclic) bond motifs is 1. The molecule has 8 nitrogen and oxygen atoms in total. The van der Waals surface area contributed by atoms with Gasteiger partial charge in [0.15, 0.2) is 5.82 Å². The molecule has 1 N–H and O–H groups in total. The second-order valence-corrected chi connectivity index (χ2v) is 12.9. The molecule has 4 heterocycles. The van der Waals surface area contributed by atoms with E-state index < -0.39 is 10.0 Å². The van der Waals surface area contributed by atoms with Crippen molar-refractivity contribution in [2.45, 2.75) is 45.6 Å². The fourth-order valence-electron chi connectivity index (χ4n) is 4.97. The molecule has 6 rings (SSSR count). The topological polar surface area (TPSA) is 103 Å². The Morgan fingerprint density at radius 1 is 0.951 bits per heavy atom. The van der Waals surface area contributed by atoms with E-state index in [0.717, 1.165) is 56.0 Å². The molecule has 0 fully saturated rings. The number of nitrogens with zero attached hydrogens (tertiary/aromatic N) is 4. The molecule has 0 aliphatic rings. The van der Waals surface area contributed by atoms with Crippen molar-refractivity contribution in [2.24, 2.45) is 0 Å². The number of benzene rings is 2. The molecule has 0 saturated heterocycles. The molecular weight excluding hydrogens is 555 g/mol. The summed E-state index contributed by atoms with van der Waals surface area (Å²) in [6, 6.07) is 23.5. The Balaban J connectivity index is 1.34. The summed E-state index contributed by atoms with van der Waals surface area (Å²) in [5.74, 6) is 0.684. The van der Waals surface area contributed by atoms with E-state index in [1.54, 1.807) is 19.1 Å². The summed E-state index contributed by atoms with van der Waals surface area (Å²) in [5, 5.41) is 9.87. The Morgan fingerprint density at radius 2 is 1.71 bits per heavy atom. The minimum absolute atomic E-state index is 0.158. The number of thiophene rings is 1. The van der Waals surface area contributed by atoms with E-state index in [4.69, 9.17) is 14.6 Å². The largest absolute Gasteiger partial charge is 0.360 e. The number of rotatable bonds is 8. The van der Waals surface area contributed by atoms with E-state index >= 15 is 0 Å². The zero-order chi connectivity index (χ0) is 28.7. The SMILES string of the molecule is CCc1cc2c(c(C)n1)c(-c1ccccc1)nn2Cc1ccc(-c2sc(C)cc2S(=O)(=O)Nc2cc(C)on2)cc1. The van der Waals surface area contributed by atoms with E-state index in [2.05, 4.69) is 35.0 Å². The molecule has 0 saturated carbocycles. The lowest BCUT2D eigenvalue weighted by Crippen LogP contribution is -2.13. The highest BCUT2D eigenvalue weighted by Gasteiger charge is 2.24. The van der Waals surface area contributed by atoms with Gasteiger partial charge >= 0.3 is 0 Å². The molecule has 0 bridgehead atoms. The van der Waals surface area contributed by atoms with Crippen LogP contribution in [0, 0.1) is 20.8 Å². The maximum Gasteiger partial charge on any atom is 0.264 e. The second-order valence-electron chi connectivity index (χ2n) is 9.99. The van der Waals surface area contributed by atoms with Crippen molar-refractivity contribution in [3.8, 4) is 21.7 Å². The van der Waals surface area contributed by atoms with Crippen LogP contribution in [0.2, 0.25) is 0 Å². The predicted molar refractivity (Wildman–Crippen MR) is 163 cm³/mol. The van der Waals surface area contributed by atoms with Crippen LogP contribution in [-0.2, 0) is 23.0 Å². The van der Waals surface area contributed by atoms with Crippen molar-refractivity contribution in [2.75, 3.05) is 4.72 Å². The molecule has 4 aromatic heterocycles. The zero-order valence-corrected chi connectivity index (χ0v) is 24.8. The van der Waals surface area contributed by atoms with Crippen molar-refractivity contribution in [1.82, 2.24) is 19.9 Å². The highest BCUT2D eigenvalue weighted by Crippen LogP contribution is 2.37. The highest BCUT2D eigenvalue weighted by atomic mass is 32.2. The third-order valence-electron chi connectivity index (χ3n) is 6.90. The summed E-state index contributed by atoms with van der Waals surface area (Å²) in [5.41, 5.74) is 6.90. The van der Waals surface area contributed by atoms with E-state index in [9.17, 15) is 8.42 Å². The first kappa shape index (κ1) is 26.9. The normalized spacial score (nSPS) is 11.8. The van der Waals surface area contributed by atoms with Gasteiger partial charge in [-0.2, -0.15) is 5.10 Å². The van der Waals surface area contributed by atoms with E-state index in [-0.39, 0.29) is 10.7 Å². The number of sulfonamides is 1. The van der Waals surface area contributed by atoms with Gasteiger partial charge in [0.25, 0.3) is 10.0 Å². The van der Waals surface area contributed by atoms with Crippen LogP contribution < -0.4 is 4.72 Å². The summed E-state index contributed by atoms with van der Waals surface area (Å²) in [4.78, 5) is 6.60. The Labute approximate surface area is 242 Å². The number of pyridine rings is 1. The third kappa shape index (κ3) is 5.28. The lowest BCUT2D eigenvalue weighted by Gasteiger charge is -2.09. The first-order valence-corrected chi connectivity index (χ1v) is 15.6. The van der Waals surface area contributed by atoms with Gasteiger partial charge in [-0.25, -0.2) is 8.42 Å². The van der Waals surface area contributed by atoms with Gasteiger partial charge in [0.1, 0.15) is 16.3 Å². The van der Waals surface area contributed by atoms with Crippen molar-refractivity contribution in [1.29, 1.82) is 0 Å². The van der Waals surface area contributed by atoms with Crippen molar-refractivity contribution < 1.29 is 12.9 Å². The molecule has 0 aliphatic carbocycles. The van der Waals surface area contributed by atoms with Gasteiger partial charge in [0, 0.05) is 33.3 Å². The van der Waals surface area contributed by atoms with Crippen LogP contribution in [0.25, 0.3) is 32.6 Å². The average molecular weight is 584 g/mol. The molecule has 0 radical (unpaired) electrons. The van der Waals surface area contributed by atoms with E-state index in [1.165, 1.54) is 11.3 Å². The third-order valence-corrected chi connectivity index (χ3v) is 9.51. The maximum absolute atomic E-state index is 13.2. The quantitative estimate of drug-likeness (QED) is 0.204. The van der Waals surface area contributed by atoms with Crippen molar-refractivity contribution in [3.05, 3.63) is 100 Å². The van der Waals surface area contributed by atoms with Crippen LogP contribution in [0.1, 0.15) is 34.5 Å². The standard InChI is InChI=1S/C31H29N5O3S2/c1-5-25-17-26-29(21(4)32-25)30(23-9-7-6-8-10-23)33-36(26)18-22-11-13-24(14-12-22)31-27(16-20(3)40-31)41(37,38)35-28-15-19(2)39-34-28/h6-17H,5,18H2,1-4H3,(H,34,35). The second kappa shape index (κ2) is 10.6. The Bertz CT molecular complexity index is 1970. The van der Waals surface area contributed by atoms with Gasteiger partial charge in [-0.15, -0.1) is 11.3 Å². The summed E-state index contributed by atoms with van der Waals surface area (Å²) < 4.78 is 36.1. The first-order chi connectivity index (χ1) is 19.7. The maximum atomic E-state index is 13.2. The summed E-state index contributed by atoms with van der Waals surface area (Å²) in [7, 11) is -3.86. The summed E-state index contributed by atoms with van der Waals surface area (Å²) >= 11 is 1.44. The Kier molecular flexibility index (Phi) is 6.96. The lowest BCUT2D eigenvalue weighted by atomic mass is 10.1. The molecule has 2 aromatic carbocycles. The molecule has 208 valence electrons. The molecule has 0 atom stereocenters. The molecular formula is C31H29N5O3S2. The van der Waals surface area contributed by atoms with Gasteiger partial charge in [-0.3, -0.25) is 14.4 Å². The average Bonchev–Trinajstić information content (AvgIpc) is 3.66. The van der Waals surface area contributed by atoms with Crippen molar-refractivity contribution >= 4 is 38.1 Å². The van der Waals surface area contributed by atoms with E-state index in [1.807, 2.05) is 61.0 Å². The minimum atomic E-state index is -3.86. The van der Waals surface area contributed by atoms with Gasteiger partial charge in [-0.1, -0.05) is 66.7 Å². The van der Waals surface area contributed by atoms with Crippen LogP contribution in [0.3, 0.4) is 0 Å². The predicted octanol–water partition coefficient (Wildman–Crippen LogP) is 7.15. The molecule has 10 heteroatoms. The smallest absolute Gasteiger partial charge is 0.264 e. The van der Waals surface area contributed by atoms with Crippen LogP contribution in [-0.4, -0.2) is 28.3 Å². The number of nitrogens with one attached hydrogen (secondary N) is 1. The highest BCUT2D eigenvalue weighted by molar-refractivity contribution is 7.93. The lowest BCUT2D eigenvalue weighted by molar-refractivity contribution is 0.400. The number of hydrogen-bond donors (Lipinski definition) is 1. The molecule has 0 aliphatic heterocycles. The molecule has 0 spiro atoms. The van der Waals surface area contributed by atoms with Gasteiger partial charge < -0.3 is 4.52 Å². The summed E-state index contributed by atoms with van der Waals surface area (Å²) in [6.45, 7) is 8.33. The minimum Gasteiger partial charge on any atom is -0.360 e. The van der Waals surface area contributed by atoms with Crippen LogP contribution in [0.15, 0.2) is 82.2 Å². The van der Waals surface area contributed by atoms with Crippen LogP contribution in [0.5, 0.6) is 0 Å². The van der Waals surface area contributed by atoms with E-state index in [0.29, 0.717) is 17.2 Å². The van der Waals surface area contributed by atoms with Crippen LogP contribution in [0.4, 0.5) is 5.82 Å². The number of anilines is 1. The fraction of sp³-hybridized carbons (Fsp3) is 0.194. The Morgan fingerprint density at radius 3 is 2.39 bits per heavy atom. The Hall–Kier alpha value is -4.28. The number of aryl methyl sites for hydroxylation is 4. The van der Waals surface area contributed by atoms with Gasteiger partial charge in [0.2, 0.25) is 0 Å². The molecule has 41 heavy (non-hydrogen) atoms. The number of hydrogen-bond acceptors (Lipinski definition) is 7.